The third-order valence-electron chi connectivity index (χ3n) is 2.67. The smallest absolute Gasteiger partial charge is 0.251 e. The highest BCUT2D eigenvalue weighted by molar-refractivity contribution is 5.83. The number of benzene rings is 1. The Labute approximate surface area is 95.4 Å². The zero-order chi connectivity index (χ0) is 12.4. The molecule has 0 aliphatic heterocycles. The second-order valence-electron chi connectivity index (χ2n) is 3.75. The zero-order valence-electron chi connectivity index (χ0n) is 8.77. The topological polar surface area (TPSA) is 58.9 Å². The fourth-order valence-electron chi connectivity index (χ4n) is 1.88. The molecule has 90 valence electrons. The summed E-state index contributed by atoms with van der Waals surface area (Å²) in [6.07, 6.45) is -1.33. The number of H-pyrrole nitrogens is 1. The summed E-state index contributed by atoms with van der Waals surface area (Å²) in [5, 5.41) is 11.0. The van der Waals surface area contributed by atoms with Crippen LogP contribution in [0.15, 0.2) is 30.5 Å². The largest absolute Gasteiger partial charge is 0.361 e. The van der Waals surface area contributed by atoms with Gasteiger partial charge in [0, 0.05) is 22.0 Å². The first-order chi connectivity index (χ1) is 8.09. The van der Waals surface area contributed by atoms with Crippen LogP contribution in [0.4, 0.5) is 8.78 Å². The highest BCUT2D eigenvalue weighted by atomic mass is 19.3. The van der Waals surface area contributed by atoms with Crippen molar-refractivity contribution in [2.75, 3.05) is 6.54 Å². The maximum atomic E-state index is 12.8. The van der Waals surface area contributed by atoms with Crippen LogP contribution in [0.1, 0.15) is 11.5 Å². The van der Waals surface area contributed by atoms with Gasteiger partial charge in [0.05, 0.1) is 0 Å². The Bertz CT molecular complexity index is 539. The van der Waals surface area contributed by atoms with Crippen molar-refractivity contribution in [1.82, 2.24) is 4.98 Å². The van der Waals surface area contributed by atoms with Gasteiger partial charge in [-0.05, 0) is 11.6 Å². The van der Waals surface area contributed by atoms with Crippen LogP contribution in [0.25, 0.3) is 10.9 Å². The van der Waals surface area contributed by atoms with Crippen molar-refractivity contribution in [2.45, 2.75) is 12.3 Å². The van der Waals surface area contributed by atoms with E-state index in [9.17, 15) is 18.9 Å². The first-order valence-corrected chi connectivity index (χ1v) is 5.05. The number of nitrogens with zero attached hydrogens (tertiary/aromatic N) is 1. The first kappa shape index (κ1) is 11.5. The normalized spacial score (nSPS) is 13.1. The zero-order valence-corrected chi connectivity index (χ0v) is 8.77. The molecule has 1 N–H and O–H groups in total. The van der Waals surface area contributed by atoms with Crippen LogP contribution < -0.4 is 0 Å². The predicted octanol–water partition coefficient (Wildman–Crippen LogP) is 2.79. The summed E-state index contributed by atoms with van der Waals surface area (Å²) >= 11 is 0. The van der Waals surface area contributed by atoms with E-state index in [4.69, 9.17) is 0 Å². The summed E-state index contributed by atoms with van der Waals surface area (Å²) in [7, 11) is 0. The minimum absolute atomic E-state index is 0.298. The van der Waals surface area contributed by atoms with E-state index in [0.29, 0.717) is 16.5 Å². The summed E-state index contributed by atoms with van der Waals surface area (Å²) in [6, 6.07) is 6.91. The van der Waals surface area contributed by atoms with Gasteiger partial charge < -0.3 is 4.98 Å². The summed E-state index contributed by atoms with van der Waals surface area (Å²) in [5.74, 6) is -1.37. The van der Waals surface area contributed by atoms with Gasteiger partial charge in [-0.25, -0.2) is 8.78 Å². The maximum absolute atomic E-state index is 12.8. The van der Waals surface area contributed by atoms with Gasteiger partial charge >= 0.3 is 0 Å². The minimum atomic E-state index is -2.75. The van der Waals surface area contributed by atoms with E-state index in [-0.39, 0.29) is 0 Å². The molecule has 2 aromatic rings. The Morgan fingerprint density at radius 1 is 1.35 bits per heavy atom. The molecule has 0 amide bonds. The third kappa shape index (κ3) is 2.25. The average molecular weight is 240 g/mol. The molecule has 17 heavy (non-hydrogen) atoms. The number of halogens is 2. The molecule has 0 saturated carbocycles. The molecule has 0 fully saturated rings. The quantitative estimate of drug-likeness (QED) is 0.659. The second kappa shape index (κ2) is 4.48. The van der Waals surface area contributed by atoms with E-state index >= 15 is 0 Å². The predicted molar refractivity (Wildman–Crippen MR) is 58.9 cm³/mol. The second-order valence-corrected chi connectivity index (χ2v) is 3.75. The minimum Gasteiger partial charge on any atom is -0.361 e. The number of para-hydroxylation sites is 1. The highest BCUT2D eigenvalue weighted by Gasteiger charge is 2.29. The fourth-order valence-corrected chi connectivity index (χ4v) is 1.88. The number of nitro groups is 1. The van der Waals surface area contributed by atoms with Gasteiger partial charge in [-0.3, -0.25) is 10.1 Å². The average Bonchev–Trinajstić information content (AvgIpc) is 2.69. The molecule has 0 saturated heterocycles. The summed E-state index contributed by atoms with van der Waals surface area (Å²) in [6.45, 7) is -0.764. The molecular formula is C11H10F2N2O2. The third-order valence-corrected chi connectivity index (χ3v) is 2.67. The van der Waals surface area contributed by atoms with Crippen LogP contribution in [-0.2, 0) is 0 Å². The van der Waals surface area contributed by atoms with E-state index < -0.39 is 23.8 Å². The molecular weight excluding hydrogens is 230 g/mol. The van der Waals surface area contributed by atoms with E-state index in [1.54, 1.807) is 24.3 Å². The van der Waals surface area contributed by atoms with Crippen molar-refractivity contribution in [2.24, 2.45) is 0 Å². The lowest BCUT2D eigenvalue weighted by molar-refractivity contribution is -0.485. The Kier molecular flexibility index (Phi) is 3.03. The van der Waals surface area contributed by atoms with Gasteiger partial charge in [0.2, 0.25) is 6.54 Å². The van der Waals surface area contributed by atoms with Gasteiger partial charge in [0.1, 0.15) is 5.92 Å². The monoisotopic (exact) mass is 240 g/mol. The van der Waals surface area contributed by atoms with Gasteiger partial charge in [-0.2, -0.15) is 0 Å². The van der Waals surface area contributed by atoms with Gasteiger partial charge in [0.25, 0.3) is 6.43 Å². The van der Waals surface area contributed by atoms with Gasteiger partial charge in [-0.15, -0.1) is 0 Å². The molecule has 0 radical (unpaired) electrons. The van der Waals surface area contributed by atoms with E-state index in [0.717, 1.165) is 0 Å². The van der Waals surface area contributed by atoms with Crippen molar-refractivity contribution in [3.8, 4) is 0 Å². The summed E-state index contributed by atoms with van der Waals surface area (Å²) in [4.78, 5) is 12.5. The number of hydrogen-bond donors (Lipinski definition) is 1. The summed E-state index contributed by atoms with van der Waals surface area (Å²) < 4.78 is 25.7. The van der Waals surface area contributed by atoms with E-state index in [1.165, 1.54) is 6.20 Å². The first-order valence-electron chi connectivity index (χ1n) is 5.05. The molecule has 1 aromatic carbocycles. The van der Waals surface area contributed by atoms with Crippen molar-refractivity contribution in [1.29, 1.82) is 0 Å². The van der Waals surface area contributed by atoms with Gasteiger partial charge in [-0.1, -0.05) is 18.2 Å². The summed E-state index contributed by atoms with van der Waals surface area (Å²) in [5.41, 5.74) is 1.00. The van der Waals surface area contributed by atoms with Crippen molar-refractivity contribution in [3.05, 3.63) is 46.1 Å². The number of rotatable bonds is 4. The molecule has 0 bridgehead atoms. The van der Waals surface area contributed by atoms with Crippen LogP contribution in [0.2, 0.25) is 0 Å². The van der Waals surface area contributed by atoms with Crippen molar-refractivity contribution < 1.29 is 13.7 Å². The van der Waals surface area contributed by atoms with Gasteiger partial charge in [0.15, 0.2) is 0 Å². The fraction of sp³-hybridized carbons (Fsp3) is 0.273. The SMILES string of the molecule is O=[N+]([O-])CC(c1c[nH]c2ccccc12)C(F)F. The molecule has 1 heterocycles. The Morgan fingerprint density at radius 2 is 2.06 bits per heavy atom. The lowest BCUT2D eigenvalue weighted by Crippen LogP contribution is -2.19. The number of aromatic nitrogens is 1. The molecule has 4 nitrogen and oxygen atoms in total. The van der Waals surface area contributed by atoms with Crippen LogP contribution >= 0.6 is 0 Å². The molecule has 6 heteroatoms. The molecule has 1 unspecified atom stereocenters. The molecule has 1 aromatic heterocycles. The molecule has 0 aliphatic rings. The lowest BCUT2D eigenvalue weighted by atomic mass is 9.99. The molecule has 1 atom stereocenters. The number of hydrogen-bond acceptors (Lipinski definition) is 2. The Hall–Kier alpha value is -1.98. The Balaban J connectivity index is 2.45. The number of aromatic amines is 1. The van der Waals surface area contributed by atoms with Crippen LogP contribution in [0.3, 0.4) is 0 Å². The standard InChI is InChI=1S/C11H10F2N2O2/c12-11(13)9(6-15(16)17)8-5-14-10-4-2-1-3-7(8)10/h1-5,9,11,14H,6H2. The lowest BCUT2D eigenvalue weighted by Gasteiger charge is -2.10. The van der Waals surface area contributed by atoms with E-state index in [2.05, 4.69) is 4.98 Å². The number of fused-ring (bicyclic) bond motifs is 1. The van der Waals surface area contributed by atoms with Crippen LogP contribution in [-0.4, -0.2) is 22.9 Å². The van der Waals surface area contributed by atoms with Crippen LogP contribution in [0, 0.1) is 10.1 Å². The van der Waals surface area contributed by atoms with Crippen molar-refractivity contribution in [3.63, 3.8) is 0 Å². The highest BCUT2D eigenvalue weighted by Crippen LogP contribution is 2.30. The maximum Gasteiger partial charge on any atom is 0.251 e. The molecule has 0 aliphatic carbocycles. The molecule has 0 spiro atoms. The number of alkyl halides is 2. The number of nitrogens with one attached hydrogen (secondary N) is 1. The molecule has 2 rings (SSSR count). The van der Waals surface area contributed by atoms with E-state index in [1.807, 2.05) is 0 Å². The van der Waals surface area contributed by atoms with Crippen LogP contribution in [0.5, 0.6) is 0 Å². The van der Waals surface area contributed by atoms with Crippen molar-refractivity contribution >= 4 is 10.9 Å². The Morgan fingerprint density at radius 3 is 2.71 bits per heavy atom.